The summed E-state index contributed by atoms with van der Waals surface area (Å²) in [5, 5.41) is 8.46. The first-order valence-corrected chi connectivity index (χ1v) is 15.0. The first kappa shape index (κ1) is 28.4. The minimum atomic E-state index is -0.411. The van der Waals surface area contributed by atoms with E-state index in [-0.39, 0.29) is 18.3 Å². The molecule has 5 rings (SSSR count). The molecule has 0 aliphatic rings. The largest absolute Gasteiger partial charge is 0.370 e. The molecular weight excluding hydrogens is 770 g/mol. The Morgan fingerprint density at radius 3 is 2.38 bits per heavy atom. The number of fused-ring (bicyclic) bond motifs is 2. The lowest BCUT2D eigenvalue weighted by molar-refractivity contribution is 0.0406. The minimum Gasteiger partial charge on any atom is -0.370 e. The second kappa shape index (κ2) is 11.4. The summed E-state index contributed by atoms with van der Waals surface area (Å²) in [5.74, 6) is 0. The lowest BCUT2D eigenvalue weighted by atomic mass is 10.3. The number of aromatic nitrogens is 9. The summed E-state index contributed by atoms with van der Waals surface area (Å²) < 4.78 is 17.7. The topological polar surface area (TPSA) is 120 Å². The van der Waals surface area contributed by atoms with Crippen molar-refractivity contribution in [2.45, 2.75) is 45.7 Å². The Hall–Kier alpha value is -2.14. The molecule has 4 aromatic heterocycles. The van der Waals surface area contributed by atoms with Crippen molar-refractivity contribution in [1.29, 1.82) is 0 Å². The second-order valence-electron chi connectivity index (χ2n) is 9.11. The number of ether oxygens (including phenoxy) is 1. The average Bonchev–Trinajstić information content (AvgIpc) is 3.66. The number of hydrogen-bond acceptors (Lipinski definition) is 7. The van der Waals surface area contributed by atoms with Crippen LogP contribution in [0.15, 0.2) is 46.3 Å². The SMILES string of the molecule is CC(Cn1cnc2c1c(=O)n(C)c(=O)n2C)OCc1cn(CCCn2cnc3c(Br)c(Br)c(Br)c(Br)c32)nn1. The fraction of sp³-hybridized carbons (Fsp3) is 0.391. The van der Waals surface area contributed by atoms with Crippen molar-refractivity contribution >= 4 is 85.9 Å². The fourth-order valence-corrected chi connectivity index (χ4v) is 6.76. The van der Waals surface area contributed by atoms with Crippen LogP contribution in [0, 0.1) is 0 Å². The highest BCUT2D eigenvalue weighted by Gasteiger charge is 2.18. The maximum absolute atomic E-state index is 12.6. The molecule has 16 heteroatoms. The highest BCUT2D eigenvalue weighted by molar-refractivity contribution is 9.15. The highest BCUT2D eigenvalue weighted by atomic mass is 79.9. The van der Waals surface area contributed by atoms with E-state index in [0.717, 1.165) is 46.5 Å². The zero-order chi connectivity index (χ0) is 28.0. The Morgan fingerprint density at radius 1 is 0.897 bits per heavy atom. The summed E-state index contributed by atoms with van der Waals surface area (Å²) in [6.45, 7) is 4.02. The average molecular weight is 793 g/mol. The zero-order valence-electron chi connectivity index (χ0n) is 21.1. The van der Waals surface area contributed by atoms with E-state index in [2.05, 4.69) is 88.6 Å². The van der Waals surface area contributed by atoms with Gasteiger partial charge in [-0.25, -0.2) is 14.8 Å². The Morgan fingerprint density at radius 2 is 1.62 bits per heavy atom. The van der Waals surface area contributed by atoms with E-state index in [1.54, 1.807) is 22.6 Å². The van der Waals surface area contributed by atoms with E-state index in [4.69, 9.17) is 4.74 Å². The highest BCUT2D eigenvalue weighted by Crippen LogP contribution is 2.43. The van der Waals surface area contributed by atoms with E-state index in [9.17, 15) is 9.59 Å². The van der Waals surface area contributed by atoms with Crippen LogP contribution in [0.4, 0.5) is 0 Å². The van der Waals surface area contributed by atoms with Crippen molar-refractivity contribution in [2.24, 2.45) is 14.1 Å². The normalized spacial score (nSPS) is 12.7. The molecule has 1 unspecified atom stereocenters. The molecule has 5 aromatic rings. The van der Waals surface area contributed by atoms with Crippen LogP contribution in [-0.2, 0) is 45.1 Å². The number of hydrogen-bond donors (Lipinski definition) is 0. The van der Waals surface area contributed by atoms with E-state index in [1.165, 1.54) is 11.6 Å². The van der Waals surface area contributed by atoms with Crippen LogP contribution in [0.25, 0.3) is 22.2 Å². The van der Waals surface area contributed by atoms with E-state index in [0.29, 0.717) is 29.9 Å². The third kappa shape index (κ3) is 5.33. The molecule has 0 bridgehead atoms. The molecule has 0 spiro atoms. The van der Waals surface area contributed by atoms with Crippen LogP contribution in [0.5, 0.6) is 0 Å². The molecule has 0 amide bonds. The van der Waals surface area contributed by atoms with Gasteiger partial charge in [0.25, 0.3) is 5.56 Å². The summed E-state index contributed by atoms with van der Waals surface area (Å²) >= 11 is 14.5. The van der Waals surface area contributed by atoms with Gasteiger partial charge in [-0.2, -0.15) is 0 Å². The monoisotopic (exact) mass is 789 g/mol. The summed E-state index contributed by atoms with van der Waals surface area (Å²) in [7, 11) is 3.05. The molecule has 0 saturated heterocycles. The zero-order valence-corrected chi connectivity index (χ0v) is 27.5. The molecule has 4 heterocycles. The number of nitrogens with zero attached hydrogens (tertiary/aromatic N) is 9. The van der Waals surface area contributed by atoms with Gasteiger partial charge in [0.1, 0.15) is 11.2 Å². The molecule has 0 saturated carbocycles. The van der Waals surface area contributed by atoms with Gasteiger partial charge in [0.15, 0.2) is 11.2 Å². The Labute approximate surface area is 255 Å². The molecular formula is C23H23Br4N9O3. The summed E-state index contributed by atoms with van der Waals surface area (Å²) in [6.07, 6.45) is 5.85. The quantitative estimate of drug-likeness (QED) is 0.163. The van der Waals surface area contributed by atoms with Gasteiger partial charge in [-0.1, -0.05) is 5.21 Å². The van der Waals surface area contributed by atoms with Gasteiger partial charge < -0.3 is 13.9 Å². The lowest BCUT2D eigenvalue weighted by Crippen LogP contribution is -2.37. The standard InChI is InChI=1S/C23H23Br4N9O3/c1-12(7-35-11-29-21-20(35)22(37)33(3)23(38)32(21)2)39-9-13-8-36(31-30-13)6-4-5-34-10-28-18-16(26)14(24)15(25)17(27)19(18)34/h8,10-12H,4-7,9H2,1-3H3. The molecule has 206 valence electrons. The smallest absolute Gasteiger partial charge is 0.332 e. The molecule has 1 aromatic carbocycles. The van der Waals surface area contributed by atoms with Crippen molar-refractivity contribution in [3.05, 3.63) is 63.3 Å². The maximum Gasteiger partial charge on any atom is 0.332 e. The van der Waals surface area contributed by atoms with Gasteiger partial charge >= 0.3 is 5.69 Å². The van der Waals surface area contributed by atoms with Crippen LogP contribution in [0.3, 0.4) is 0 Å². The van der Waals surface area contributed by atoms with Gasteiger partial charge in [-0.3, -0.25) is 18.6 Å². The summed E-state index contributed by atoms with van der Waals surface area (Å²) in [5.41, 5.74) is 2.51. The molecule has 39 heavy (non-hydrogen) atoms. The van der Waals surface area contributed by atoms with E-state index in [1.807, 2.05) is 19.4 Å². The van der Waals surface area contributed by atoms with Crippen molar-refractivity contribution in [3.63, 3.8) is 0 Å². The number of rotatable bonds is 9. The first-order chi connectivity index (χ1) is 18.6. The van der Waals surface area contributed by atoms with Crippen LogP contribution in [-0.4, -0.2) is 49.3 Å². The fourth-order valence-electron chi connectivity index (χ4n) is 4.35. The Bertz CT molecular complexity index is 1820. The summed E-state index contributed by atoms with van der Waals surface area (Å²) in [6, 6.07) is 0. The van der Waals surface area contributed by atoms with Gasteiger partial charge in [-0.15, -0.1) is 5.10 Å². The van der Waals surface area contributed by atoms with Crippen LogP contribution < -0.4 is 11.2 Å². The van der Waals surface area contributed by atoms with E-state index >= 15 is 0 Å². The number of benzene rings is 1. The Kier molecular flexibility index (Phi) is 8.29. The van der Waals surface area contributed by atoms with Gasteiger partial charge in [0.05, 0.1) is 52.6 Å². The first-order valence-electron chi connectivity index (χ1n) is 11.9. The van der Waals surface area contributed by atoms with Crippen LogP contribution >= 0.6 is 63.7 Å². The number of halogens is 4. The van der Waals surface area contributed by atoms with E-state index < -0.39 is 5.69 Å². The molecule has 0 radical (unpaired) electrons. The van der Waals surface area contributed by atoms with Crippen molar-refractivity contribution < 1.29 is 4.74 Å². The molecule has 1 atom stereocenters. The predicted octanol–water partition coefficient (Wildman–Crippen LogP) is 4.12. The predicted molar refractivity (Wildman–Crippen MR) is 160 cm³/mol. The molecule has 0 aliphatic heterocycles. The third-order valence-corrected chi connectivity index (χ3v) is 11.1. The van der Waals surface area contributed by atoms with Crippen LogP contribution in [0.2, 0.25) is 0 Å². The van der Waals surface area contributed by atoms with Crippen molar-refractivity contribution in [2.75, 3.05) is 0 Å². The number of aryl methyl sites for hydroxylation is 3. The molecule has 0 N–H and O–H groups in total. The van der Waals surface area contributed by atoms with Crippen molar-refractivity contribution in [3.8, 4) is 0 Å². The van der Waals surface area contributed by atoms with Gasteiger partial charge in [0.2, 0.25) is 0 Å². The van der Waals surface area contributed by atoms with Gasteiger partial charge in [0, 0.05) is 36.1 Å². The number of imidazole rings is 2. The minimum absolute atomic E-state index is 0.235. The van der Waals surface area contributed by atoms with Crippen molar-refractivity contribution in [1.82, 2.24) is 43.2 Å². The molecule has 12 nitrogen and oxygen atoms in total. The molecule has 0 aliphatic carbocycles. The Balaban J connectivity index is 1.18. The van der Waals surface area contributed by atoms with Crippen LogP contribution in [0.1, 0.15) is 19.0 Å². The summed E-state index contributed by atoms with van der Waals surface area (Å²) in [4.78, 5) is 33.6. The third-order valence-electron chi connectivity index (χ3n) is 6.39. The maximum atomic E-state index is 12.6. The second-order valence-corrected chi connectivity index (χ2v) is 12.3. The molecule has 0 fully saturated rings. The lowest BCUT2D eigenvalue weighted by Gasteiger charge is -2.13. The van der Waals surface area contributed by atoms with Gasteiger partial charge in [-0.05, 0) is 77.1 Å².